The summed E-state index contributed by atoms with van der Waals surface area (Å²) in [5, 5.41) is 0. The van der Waals surface area contributed by atoms with Crippen LogP contribution in [0.25, 0.3) is 0 Å². The molecule has 2 fully saturated rings. The molecule has 0 unspecified atom stereocenters. The molecule has 152 valence electrons. The summed E-state index contributed by atoms with van der Waals surface area (Å²) in [5.74, 6) is -0.208. The minimum atomic E-state index is -4.52. The summed E-state index contributed by atoms with van der Waals surface area (Å²) in [6, 6.07) is 0.712. The lowest BCUT2D eigenvalue weighted by atomic mass is 10.1. The molecule has 1 aromatic heterocycles. The normalized spacial score (nSPS) is 20.4. The van der Waals surface area contributed by atoms with Gasteiger partial charge in [-0.15, -0.1) is 0 Å². The van der Waals surface area contributed by atoms with Gasteiger partial charge in [0, 0.05) is 51.4 Å². The number of likely N-dealkylation sites (tertiary alicyclic amines) is 1. The third kappa shape index (κ3) is 4.42. The Morgan fingerprint density at radius 1 is 1.21 bits per heavy atom. The maximum Gasteiger partial charge on any atom is 0.433 e. The van der Waals surface area contributed by atoms with Crippen LogP contribution in [0.1, 0.15) is 25.0 Å². The van der Waals surface area contributed by atoms with E-state index in [-0.39, 0.29) is 30.2 Å². The van der Waals surface area contributed by atoms with Crippen LogP contribution in [-0.4, -0.2) is 70.3 Å². The molecule has 0 N–H and O–H groups in total. The maximum atomic E-state index is 12.8. The third-order valence-electron chi connectivity index (χ3n) is 5.09. The summed E-state index contributed by atoms with van der Waals surface area (Å²) in [6.07, 6.45) is -0.280. The molecule has 2 amide bonds. The molecule has 0 aliphatic carbocycles. The second kappa shape index (κ2) is 8.15. The van der Waals surface area contributed by atoms with Crippen molar-refractivity contribution in [1.82, 2.24) is 19.8 Å². The van der Waals surface area contributed by atoms with Crippen LogP contribution in [0.5, 0.6) is 0 Å². The summed E-state index contributed by atoms with van der Waals surface area (Å²) < 4.78 is 38.4. The van der Waals surface area contributed by atoms with Gasteiger partial charge in [0.05, 0.1) is 0 Å². The molecule has 0 bridgehead atoms. The molecule has 3 heterocycles. The van der Waals surface area contributed by atoms with Crippen molar-refractivity contribution >= 4 is 17.8 Å². The van der Waals surface area contributed by atoms with Crippen molar-refractivity contribution in [3.8, 4) is 0 Å². The molecule has 0 saturated carbocycles. The summed E-state index contributed by atoms with van der Waals surface area (Å²) in [5.41, 5.74) is -0.982. The highest BCUT2D eigenvalue weighted by molar-refractivity contribution is 5.88. The molecule has 3 rings (SSSR count). The van der Waals surface area contributed by atoms with Crippen LogP contribution in [0.3, 0.4) is 0 Å². The maximum absolute atomic E-state index is 12.8. The van der Waals surface area contributed by atoms with Gasteiger partial charge in [0.2, 0.25) is 17.8 Å². The van der Waals surface area contributed by atoms with E-state index in [1.165, 1.54) is 6.08 Å². The summed E-state index contributed by atoms with van der Waals surface area (Å²) in [6.45, 7) is 5.58. The number of carbonyl (C=O) groups is 2. The first-order chi connectivity index (χ1) is 13.3. The lowest BCUT2D eigenvalue weighted by Gasteiger charge is -2.35. The molecular formula is C18H22F3N5O2. The van der Waals surface area contributed by atoms with Crippen molar-refractivity contribution in [3.05, 3.63) is 30.6 Å². The number of anilines is 1. The summed E-state index contributed by atoms with van der Waals surface area (Å²) >= 11 is 0. The van der Waals surface area contributed by atoms with Crippen LogP contribution in [-0.2, 0) is 15.8 Å². The first-order valence-electron chi connectivity index (χ1n) is 9.15. The number of aromatic nitrogens is 2. The molecule has 0 spiro atoms. The molecule has 0 aromatic carbocycles. The largest absolute Gasteiger partial charge is 0.433 e. The lowest BCUT2D eigenvalue weighted by Crippen LogP contribution is -2.50. The number of nitrogens with zero attached hydrogens (tertiary/aromatic N) is 5. The van der Waals surface area contributed by atoms with Gasteiger partial charge in [-0.05, 0) is 25.0 Å². The quantitative estimate of drug-likeness (QED) is 0.724. The lowest BCUT2D eigenvalue weighted by molar-refractivity contribution is -0.141. The zero-order chi connectivity index (χ0) is 20.3. The number of alkyl halides is 3. The van der Waals surface area contributed by atoms with Crippen LogP contribution in [0.2, 0.25) is 0 Å². The van der Waals surface area contributed by atoms with Gasteiger partial charge in [-0.1, -0.05) is 6.58 Å². The highest BCUT2D eigenvalue weighted by atomic mass is 19.4. The Hall–Kier alpha value is -2.65. The van der Waals surface area contributed by atoms with Gasteiger partial charge in [0.25, 0.3) is 0 Å². The molecule has 28 heavy (non-hydrogen) atoms. The standard InChI is InChI=1S/C18H22F3N5O2/c1-2-15(27)26-7-3-4-13(26)12-16(28)24-8-10-25(11-9-24)17-22-6-5-14(23-17)18(19,20)21/h2,5-6,13H,1,3-4,7-12H2/t13-/m1/s1. The minimum absolute atomic E-state index is 0.0143. The van der Waals surface area contributed by atoms with E-state index in [0.717, 1.165) is 25.1 Å². The second-order valence-corrected chi connectivity index (χ2v) is 6.84. The number of halogens is 3. The van der Waals surface area contributed by atoms with Gasteiger partial charge in [-0.3, -0.25) is 9.59 Å². The third-order valence-corrected chi connectivity index (χ3v) is 5.09. The monoisotopic (exact) mass is 397 g/mol. The Morgan fingerprint density at radius 3 is 2.57 bits per heavy atom. The highest BCUT2D eigenvalue weighted by Gasteiger charge is 2.34. The topological polar surface area (TPSA) is 69.6 Å². The second-order valence-electron chi connectivity index (χ2n) is 6.84. The van der Waals surface area contributed by atoms with Gasteiger partial charge in [-0.25, -0.2) is 9.97 Å². The molecule has 1 atom stereocenters. The van der Waals surface area contributed by atoms with Gasteiger partial charge < -0.3 is 14.7 Å². The van der Waals surface area contributed by atoms with Crippen LogP contribution in [0, 0.1) is 0 Å². The van der Waals surface area contributed by atoms with Gasteiger partial charge in [0.1, 0.15) is 5.69 Å². The zero-order valence-corrected chi connectivity index (χ0v) is 15.4. The Balaban J connectivity index is 1.56. The number of hydrogen-bond acceptors (Lipinski definition) is 5. The van der Waals surface area contributed by atoms with Crippen molar-refractivity contribution < 1.29 is 22.8 Å². The van der Waals surface area contributed by atoms with Crippen molar-refractivity contribution in [3.63, 3.8) is 0 Å². The van der Waals surface area contributed by atoms with E-state index in [4.69, 9.17) is 0 Å². The number of carbonyl (C=O) groups excluding carboxylic acids is 2. The minimum Gasteiger partial charge on any atom is -0.339 e. The Labute approximate surface area is 160 Å². The predicted molar refractivity (Wildman–Crippen MR) is 95.4 cm³/mol. The van der Waals surface area contributed by atoms with Gasteiger partial charge >= 0.3 is 6.18 Å². The van der Waals surface area contributed by atoms with Gasteiger partial charge in [-0.2, -0.15) is 13.2 Å². The molecule has 10 heteroatoms. The van der Waals surface area contributed by atoms with E-state index < -0.39 is 11.9 Å². The Kier molecular flexibility index (Phi) is 5.85. The van der Waals surface area contributed by atoms with Crippen LogP contribution in [0.4, 0.5) is 19.1 Å². The van der Waals surface area contributed by atoms with Crippen molar-refractivity contribution in [2.75, 3.05) is 37.6 Å². The van der Waals surface area contributed by atoms with E-state index in [1.54, 1.807) is 14.7 Å². The average Bonchev–Trinajstić information content (AvgIpc) is 3.15. The fourth-order valence-corrected chi connectivity index (χ4v) is 3.60. The van der Waals surface area contributed by atoms with E-state index in [0.29, 0.717) is 32.7 Å². The number of rotatable bonds is 4. The van der Waals surface area contributed by atoms with E-state index >= 15 is 0 Å². The molecular weight excluding hydrogens is 375 g/mol. The molecule has 2 saturated heterocycles. The molecule has 2 aliphatic rings. The molecule has 0 radical (unpaired) electrons. The number of piperazine rings is 1. The average molecular weight is 397 g/mol. The smallest absolute Gasteiger partial charge is 0.339 e. The van der Waals surface area contributed by atoms with Crippen LogP contribution < -0.4 is 4.90 Å². The highest BCUT2D eigenvalue weighted by Crippen LogP contribution is 2.28. The van der Waals surface area contributed by atoms with Crippen molar-refractivity contribution in [2.24, 2.45) is 0 Å². The molecule has 7 nitrogen and oxygen atoms in total. The van der Waals surface area contributed by atoms with E-state index in [1.807, 2.05) is 0 Å². The first-order valence-corrected chi connectivity index (χ1v) is 9.15. The first kappa shape index (κ1) is 20.1. The summed E-state index contributed by atoms with van der Waals surface area (Å²) in [4.78, 5) is 37.0. The number of amides is 2. The summed E-state index contributed by atoms with van der Waals surface area (Å²) in [7, 11) is 0. The molecule has 1 aromatic rings. The van der Waals surface area contributed by atoms with E-state index in [2.05, 4.69) is 16.5 Å². The molecule has 2 aliphatic heterocycles. The van der Waals surface area contributed by atoms with Gasteiger partial charge in [0.15, 0.2) is 0 Å². The van der Waals surface area contributed by atoms with E-state index in [9.17, 15) is 22.8 Å². The predicted octanol–water partition coefficient (Wildman–Crippen LogP) is 1.71. The zero-order valence-electron chi connectivity index (χ0n) is 15.4. The van der Waals surface area contributed by atoms with Crippen LogP contribution in [0.15, 0.2) is 24.9 Å². The fourth-order valence-electron chi connectivity index (χ4n) is 3.60. The Morgan fingerprint density at radius 2 is 1.93 bits per heavy atom. The van der Waals surface area contributed by atoms with Crippen molar-refractivity contribution in [2.45, 2.75) is 31.5 Å². The van der Waals surface area contributed by atoms with Crippen molar-refractivity contribution in [1.29, 1.82) is 0 Å². The SMILES string of the molecule is C=CC(=O)N1CCC[C@@H]1CC(=O)N1CCN(c2nccc(C(F)(F)F)n2)CC1. The number of hydrogen-bond donors (Lipinski definition) is 0. The van der Waals surface area contributed by atoms with Crippen LogP contribution >= 0.6 is 0 Å². The Bertz CT molecular complexity index is 747. The fraction of sp³-hybridized carbons (Fsp3) is 0.556.